The van der Waals surface area contributed by atoms with Gasteiger partial charge >= 0.3 is 0 Å². The molecule has 0 heterocycles. The van der Waals surface area contributed by atoms with E-state index in [9.17, 15) is 0 Å². The number of hydrogen-bond donors (Lipinski definition) is 0. The Labute approximate surface area is 145 Å². The summed E-state index contributed by atoms with van der Waals surface area (Å²) in [5.41, 5.74) is 2.64. The Bertz CT molecular complexity index is 355. The van der Waals surface area contributed by atoms with Crippen molar-refractivity contribution in [2.45, 2.75) is 48.5 Å². The van der Waals surface area contributed by atoms with Gasteiger partial charge in [0.2, 0.25) is 0 Å². The maximum absolute atomic E-state index is 8.00. The Morgan fingerprint density at radius 1 is 0.652 bits per heavy atom. The van der Waals surface area contributed by atoms with Crippen LogP contribution in [-0.4, -0.2) is 6.79 Å². The third-order valence-electron chi connectivity index (χ3n) is 1.88. The van der Waals surface area contributed by atoms with Gasteiger partial charge < -0.3 is 4.79 Å². The van der Waals surface area contributed by atoms with Gasteiger partial charge in [0.05, 0.1) is 0 Å². The number of carbonyl (C=O) groups excluding carboxylic acids is 1. The Balaban J connectivity index is -0.000000106. The largest absolute Gasteiger partial charge is 0.307 e. The van der Waals surface area contributed by atoms with Gasteiger partial charge in [-0.15, -0.1) is 6.58 Å². The summed E-state index contributed by atoms with van der Waals surface area (Å²) in [5, 5.41) is 0. The number of allylic oxidation sites excluding steroid dienone is 1. The second-order valence-corrected chi connectivity index (χ2v) is 3.72. The smallest absolute Gasteiger partial charge is 0.106 e. The zero-order valence-corrected chi connectivity index (χ0v) is 16.2. The lowest BCUT2D eigenvalue weighted by atomic mass is 10.2. The second kappa shape index (κ2) is 32.0. The summed E-state index contributed by atoms with van der Waals surface area (Å²) in [5.74, 6) is 0. The van der Waals surface area contributed by atoms with Crippen molar-refractivity contribution < 1.29 is 4.79 Å². The van der Waals surface area contributed by atoms with Crippen molar-refractivity contribution >= 4 is 6.79 Å². The van der Waals surface area contributed by atoms with E-state index < -0.39 is 0 Å². The predicted molar refractivity (Wildman–Crippen MR) is 108 cm³/mol. The van der Waals surface area contributed by atoms with Gasteiger partial charge in [-0.1, -0.05) is 106 Å². The summed E-state index contributed by atoms with van der Waals surface area (Å²) in [6, 6.07) is 20.5. The lowest BCUT2D eigenvalue weighted by molar-refractivity contribution is -0.0979. The molecule has 0 bridgehead atoms. The maximum Gasteiger partial charge on any atom is 0.106 e. The van der Waals surface area contributed by atoms with Crippen LogP contribution >= 0.6 is 0 Å². The minimum absolute atomic E-state index is 1.32. The highest BCUT2D eigenvalue weighted by Crippen LogP contribution is 1.92. The first-order chi connectivity index (χ1) is 11.2. The van der Waals surface area contributed by atoms with Crippen molar-refractivity contribution in [2.24, 2.45) is 0 Å². The van der Waals surface area contributed by atoms with Gasteiger partial charge in [-0.2, -0.15) is 0 Å². The van der Waals surface area contributed by atoms with Crippen LogP contribution in [0.25, 0.3) is 0 Å². The summed E-state index contributed by atoms with van der Waals surface area (Å²) in [6.45, 7) is 19.4. The quantitative estimate of drug-likeness (QED) is 0.476. The van der Waals surface area contributed by atoms with E-state index in [1.165, 1.54) is 11.1 Å². The first-order valence-electron chi connectivity index (χ1n) is 8.10. The summed E-state index contributed by atoms with van der Waals surface area (Å²) in [7, 11) is 0. The van der Waals surface area contributed by atoms with Crippen LogP contribution in [0.5, 0.6) is 0 Å². The molecule has 0 saturated heterocycles. The van der Waals surface area contributed by atoms with Gasteiger partial charge in [0.15, 0.2) is 0 Å². The molecular formula is C22H36O. The molecule has 0 aliphatic carbocycles. The minimum atomic E-state index is 1.32. The van der Waals surface area contributed by atoms with E-state index in [2.05, 4.69) is 44.7 Å². The third-order valence-corrected chi connectivity index (χ3v) is 1.88. The van der Waals surface area contributed by atoms with Crippen LogP contribution in [0.4, 0.5) is 0 Å². The normalized spacial score (nSPS) is 6.57. The molecule has 2 rings (SSSR count). The molecule has 0 N–H and O–H groups in total. The molecule has 0 aromatic heterocycles. The molecular weight excluding hydrogens is 280 g/mol. The van der Waals surface area contributed by atoms with Gasteiger partial charge in [-0.25, -0.2) is 0 Å². The SMILES string of the molecule is C=CC.C=O.CC.CC.Cc1ccccc1.Cc1ccccc1. The Hall–Kier alpha value is -2.15. The fraction of sp³-hybridized carbons (Fsp3) is 0.318. The molecule has 23 heavy (non-hydrogen) atoms. The lowest BCUT2D eigenvalue weighted by Crippen LogP contribution is -1.62. The number of benzene rings is 2. The summed E-state index contributed by atoms with van der Waals surface area (Å²) < 4.78 is 0. The fourth-order valence-corrected chi connectivity index (χ4v) is 1.07. The zero-order chi connectivity index (χ0) is 18.9. The van der Waals surface area contributed by atoms with Gasteiger partial charge in [-0.3, -0.25) is 0 Å². The van der Waals surface area contributed by atoms with Crippen molar-refractivity contribution in [3.05, 3.63) is 84.4 Å². The zero-order valence-electron chi connectivity index (χ0n) is 16.2. The molecule has 1 heteroatoms. The molecule has 0 saturated carbocycles. The number of hydrogen-bond acceptors (Lipinski definition) is 1. The van der Waals surface area contributed by atoms with E-state index >= 15 is 0 Å². The maximum atomic E-state index is 8.00. The van der Waals surface area contributed by atoms with E-state index in [1.54, 1.807) is 6.08 Å². The van der Waals surface area contributed by atoms with E-state index in [-0.39, 0.29) is 0 Å². The molecule has 0 unspecified atom stereocenters. The number of aryl methyl sites for hydroxylation is 2. The highest BCUT2D eigenvalue weighted by molar-refractivity contribution is 5.12. The van der Waals surface area contributed by atoms with Crippen molar-refractivity contribution in [1.82, 2.24) is 0 Å². The highest BCUT2D eigenvalue weighted by atomic mass is 16.1. The Morgan fingerprint density at radius 3 is 0.913 bits per heavy atom. The van der Waals surface area contributed by atoms with Gasteiger partial charge in [-0.05, 0) is 20.8 Å². The molecule has 0 fully saturated rings. The summed E-state index contributed by atoms with van der Waals surface area (Å²) in [6.07, 6.45) is 1.75. The topological polar surface area (TPSA) is 17.1 Å². The van der Waals surface area contributed by atoms with Crippen LogP contribution in [0.3, 0.4) is 0 Å². The Morgan fingerprint density at radius 2 is 0.826 bits per heavy atom. The van der Waals surface area contributed by atoms with Crippen LogP contribution in [-0.2, 0) is 4.79 Å². The molecule has 2 aromatic carbocycles. The lowest BCUT2D eigenvalue weighted by Gasteiger charge is -1.82. The average molecular weight is 317 g/mol. The monoisotopic (exact) mass is 316 g/mol. The predicted octanol–water partition coefficient (Wildman–Crippen LogP) is 7.05. The van der Waals surface area contributed by atoms with E-state index in [0.29, 0.717) is 0 Å². The molecule has 0 spiro atoms. The van der Waals surface area contributed by atoms with E-state index in [4.69, 9.17) is 4.79 Å². The molecule has 0 aliphatic heterocycles. The van der Waals surface area contributed by atoms with Crippen molar-refractivity contribution in [3.8, 4) is 0 Å². The van der Waals surface area contributed by atoms with Crippen LogP contribution in [0.1, 0.15) is 45.7 Å². The summed E-state index contributed by atoms with van der Waals surface area (Å²) in [4.78, 5) is 8.00. The first kappa shape index (κ1) is 28.9. The van der Waals surface area contributed by atoms with Gasteiger partial charge in [0.25, 0.3) is 0 Å². The average Bonchev–Trinajstić information content (AvgIpc) is 2.63. The molecule has 0 atom stereocenters. The minimum Gasteiger partial charge on any atom is -0.307 e. The Kier molecular flexibility index (Phi) is 40.2. The molecule has 0 radical (unpaired) electrons. The van der Waals surface area contributed by atoms with Crippen molar-refractivity contribution in [3.63, 3.8) is 0 Å². The van der Waals surface area contributed by atoms with E-state index in [1.807, 2.05) is 77.8 Å². The molecule has 1 nitrogen and oxygen atoms in total. The first-order valence-corrected chi connectivity index (χ1v) is 8.10. The van der Waals surface area contributed by atoms with Crippen LogP contribution in [0.15, 0.2) is 73.3 Å². The molecule has 0 aliphatic rings. The highest BCUT2D eigenvalue weighted by Gasteiger charge is 1.72. The van der Waals surface area contributed by atoms with Crippen molar-refractivity contribution in [2.75, 3.05) is 0 Å². The van der Waals surface area contributed by atoms with Gasteiger partial charge in [0.1, 0.15) is 6.79 Å². The number of rotatable bonds is 0. The molecule has 0 amide bonds. The number of carbonyl (C=O) groups is 1. The summed E-state index contributed by atoms with van der Waals surface area (Å²) >= 11 is 0. The second-order valence-electron chi connectivity index (χ2n) is 3.72. The fourth-order valence-electron chi connectivity index (χ4n) is 1.07. The van der Waals surface area contributed by atoms with Crippen LogP contribution < -0.4 is 0 Å². The van der Waals surface area contributed by atoms with Gasteiger partial charge in [0, 0.05) is 0 Å². The molecule has 2 aromatic rings. The van der Waals surface area contributed by atoms with Crippen molar-refractivity contribution in [1.29, 1.82) is 0 Å². The van der Waals surface area contributed by atoms with E-state index in [0.717, 1.165) is 0 Å². The van der Waals surface area contributed by atoms with Crippen LogP contribution in [0.2, 0.25) is 0 Å². The standard InChI is InChI=1S/2C7H8.C3H6.2C2H6.CH2O/c2*1-7-5-3-2-4-6-7;1-3-2;3*1-2/h2*2-6H,1H3;3H,1H2,2H3;2*1-2H3;1H2. The third kappa shape index (κ3) is 33.0. The van der Waals surface area contributed by atoms with Crippen LogP contribution in [0, 0.1) is 13.8 Å². The molecule has 130 valence electrons.